The molecule has 2 heterocycles. The van der Waals surface area contributed by atoms with Crippen LogP contribution in [-0.4, -0.2) is 53.9 Å². The molecule has 1 aliphatic rings. The zero-order valence-corrected chi connectivity index (χ0v) is 16.9. The molecule has 0 bridgehead atoms. The normalized spacial score (nSPS) is 14.1. The smallest absolute Gasteiger partial charge is 0.256 e. The van der Waals surface area contributed by atoms with Crippen LogP contribution < -0.4 is 4.90 Å². The summed E-state index contributed by atoms with van der Waals surface area (Å²) in [6.07, 6.45) is 3.80. The van der Waals surface area contributed by atoms with Gasteiger partial charge in [0.2, 0.25) is 0 Å². The summed E-state index contributed by atoms with van der Waals surface area (Å²) in [4.78, 5) is 17.1. The summed E-state index contributed by atoms with van der Waals surface area (Å²) in [5, 5.41) is 4.46. The van der Waals surface area contributed by atoms with Gasteiger partial charge in [0.25, 0.3) is 5.91 Å². The van der Waals surface area contributed by atoms with Crippen LogP contribution in [-0.2, 0) is 11.3 Å². The number of aryl methyl sites for hydroxylation is 1. The van der Waals surface area contributed by atoms with Crippen LogP contribution in [0.15, 0.2) is 60.9 Å². The van der Waals surface area contributed by atoms with Crippen molar-refractivity contribution in [3.63, 3.8) is 0 Å². The lowest BCUT2D eigenvalue weighted by Crippen LogP contribution is -2.38. The Kier molecular flexibility index (Phi) is 5.62. The van der Waals surface area contributed by atoms with Gasteiger partial charge in [0.1, 0.15) is 0 Å². The molecule has 6 heteroatoms. The number of ether oxygens (including phenoxy) is 1. The molecule has 0 N–H and O–H groups in total. The number of rotatable bonds is 5. The number of anilines is 1. The van der Waals surface area contributed by atoms with Crippen molar-refractivity contribution in [1.29, 1.82) is 0 Å². The molecular weight excluding hydrogens is 364 g/mol. The molecule has 0 unspecified atom stereocenters. The monoisotopic (exact) mass is 390 g/mol. The Balaban J connectivity index is 1.49. The summed E-state index contributed by atoms with van der Waals surface area (Å²) < 4.78 is 7.30. The van der Waals surface area contributed by atoms with E-state index >= 15 is 0 Å². The van der Waals surface area contributed by atoms with Crippen molar-refractivity contribution in [2.24, 2.45) is 0 Å². The molecule has 1 saturated heterocycles. The van der Waals surface area contributed by atoms with E-state index in [0.29, 0.717) is 19.8 Å². The molecule has 4 rings (SSSR count). The number of amides is 1. The number of carbonyl (C=O) groups is 1. The number of para-hydroxylation sites is 1. The second kappa shape index (κ2) is 8.49. The maximum Gasteiger partial charge on any atom is 0.256 e. The summed E-state index contributed by atoms with van der Waals surface area (Å²) in [6, 6.07) is 16.0. The summed E-state index contributed by atoms with van der Waals surface area (Å²) in [5.74, 6) is 0.00963. The van der Waals surface area contributed by atoms with Gasteiger partial charge in [-0.25, -0.2) is 4.68 Å². The van der Waals surface area contributed by atoms with Gasteiger partial charge in [-0.3, -0.25) is 4.79 Å². The van der Waals surface area contributed by atoms with Crippen LogP contribution >= 0.6 is 0 Å². The molecule has 0 radical (unpaired) electrons. The van der Waals surface area contributed by atoms with Crippen LogP contribution in [0, 0.1) is 6.92 Å². The number of morpholine rings is 1. The van der Waals surface area contributed by atoms with Crippen molar-refractivity contribution in [3.8, 4) is 5.69 Å². The SMILES string of the molecule is Cc1cccc(-n2cc(CN(C)C(=O)c3ccccc3N3CCOCC3)cn2)c1. The fraction of sp³-hybridized carbons (Fsp3) is 0.304. The van der Waals surface area contributed by atoms with Crippen LogP contribution in [0.2, 0.25) is 0 Å². The molecule has 1 fully saturated rings. The van der Waals surface area contributed by atoms with E-state index in [2.05, 4.69) is 29.1 Å². The lowest BCUT2D eigenvalue weighted by molar-refractivity contribution is 0.0784. The standard InChI is InChI=1S/C23H26N4O2/c1-18-6-5-7-20(14-18)27-17-19(15-24-27)16-25(2)23(28)21-8-3-4-9-22(21)26-10-12-29-13-11-26/h3-9,14-15,17H,10-13,16H2,1-2H3. The first-order valence-electron chi connectivity index (χ1n) is 9.89. The number of carbonyl (C=O) groups excluding carboxylic acids is 1. The zero-order chi connectivity index (χ0) is 20.2. The molecule has 0 aliphatic carbocycles. The van der Waals surface area contributed by atoms with Gasteiger partial charge in [0.05, 0.1) is 30.7 Å². The predicted octanol–water partition coefficient (Wildman–Crippen LogP) is 3.29. The molecule has 29 heavy (non-hydrogen) atoms. The van der Waals surface area contributed by atoms with E-state index < -0.39 is 0 Å². The van der Waals surface area contributed by atoms with E-state index in [4.69, 9.17) is 4.74 Å². The first kappa shape index (κ1) is 19.2. The summed E-state index contributed by atoms with van der Waals surface area (Å²) in [6.45, 7) is 5.55. The molecule has 1 amide bonds. The van der Waals surface area contributed by atoms with Gasteiger partial charge in [-0.05, 0) is 36.8 Å². The quantitative estimate of drug-likeness (QED) is 0.671. The largest absolute Gasteiger partial charge is 0.378 e. The number of nitrogens with zero attached hydrogens (tertiary/aromatic N) is 4. The molecule has 1 aromatic heterocycles. The van der Waals surface area contributed by atoms with E-state index in [0.717, 1.165) is 35.6 Å². The topological polar surface area (TPSA) is 50.6 Å². The zero-order valence-electron chi connectivity index (χ0n) is 16.9. The molecule has 0 spiro atoms. The average Bonchev–Trinajstić information content (AvgIpc) is 3.22. The van der Waals surface area contributed by atoms with Gasteiger partial charge in [-0.2, -0.15) is 5.10 Å². The van der Waals surface area contributed by atoms with Gasteiger partial charge in [0.15, 0.2) is 0 Å². The number of hydrogen-bond donors (Lipinski definition) is 0. The molecule has 0 saturated carbocycles. The molecule has 6 nitrogen and oxygen atoms in total. The average molecular weight is 390 g/mol. The van der Waals surface area contributed by atoms with Crippen LogP contribution in [0.1, 0.15) is 21.5 Å². The highest BCUT2D eigenvalue weighted by Gasteiger charge is 2.21. The molecule has 0 atom stereocenters. The van der Waals surface area contributed by atoms with E-state index in [1.165, 1.54) is 5.56 Å². The first-order valence-corrected chi connectivity index (χ1v) is 9.89. The molecule has 2 aromatic carbocycles. The van der Waals surface area contributed by atoms with Gasteiger partial charge in [-0.15, -0.1) is 0 Å². The van der Waals surface area contributed by atoms with Gasteiger partial charge < -0.3 is 14.5 Å². The Morgan fingerprint density at radius 2 is 1.93 bits per heavy atom. The number of benzene rings is 2. The molecule has 1 aliphatic heterocycles. The Hall–Kier alpha value is -3.12. The first-order chi connectivity index (χ1) is 14.1. The van der Waals surface area contributed by atoms with Crippen molar-refractivity contribution in [2.45, 2.75) is 13.5 Å². The minimum atomic E-state index is 0.00963. The Morgan fingerprint density at radius 3 is 2.72 bits per heavy atom. The van der Waals surface area contributed by atoms with Crippen molar-refractivity contribution >= 4 is 11.6 Å². The van der Waals surface area contributed by atoms with Gasteiger partial charge in [0, 0.05) is 44.1 Å². The van der Waals surface area contributed by atoms with E-state index in [-0.39, 0.29) is 5.91 Å². The van der Waals surface area contributed by atoms with E-state index in [1.54, 1.807) is 4.90 Å². The fourth-order valence-electron chi connectivity index (χ4n) is 3.64. The fourth-order valence-corrected chi connectivity index (χ4v) is 3.64. The second-order valence-corrected chi connectivity index (χ2v) is 7.41. The third-order valence-electron chi connectivity index (χ3n) is 5.15. The summed E-state index contributed by atoms with van der Waals surface area (Å²) in [7, 11) is 1.84. The highest BCUT2D eigenvalue weighted by atomic mass is 16.5. The van der Waals surface area contributed by atoms with Gasteiger partial charge in [-0.1, -0.05) is 24.3 Å². The van der Waals surface area contributed by atoms with Crippen LogP contribution in [0.5, 0.6) is 0 Å². The van der Waals surface area contributed by atoms with Crippen molar-refractivity contribution in [1.82, 2.24) is 14.7 Å². The summed E-state index contributed by atoms with van der Waals surface area (Å²) in [5.41, 5.74) is 4.90. The lowest BCUT2D eigenvalue weighted by atomic mass is 10.1. The third kappa shape index (κ3) is 4.32. The third-order valence-corrected chi connectivity index (χ3v) is 5.15. The van der Waals surface area contributed by atoms with Crippen molar-refractivity contribution in [2.75, 3.05) is 38.3 Å². The van der Waals surface area contributed by atoms with Crippen molar-refractivity contribution < 1.29 is 9.53 Å². The predicted molar refractivity (Wildman–Crippen MR) is 114 cm³/mol. The van der Waals surface area contributed by atoms with E-state index in [1.807, 2.05) is 60.5 Å². The van der Waals surface area contributed by atoms with Gasteiger partial charge >= 0.3 is 0 Å². The highest BCUT2D eigenvalue weighted by Crippen LogP contribution is 2.23. The number of hydrogen-bond acceptors (Lipinski definition) is 4. The number of aromatic nitrogens is 2. The van der Waals surface area contributed by atoms with Crippen molar-refractivity contribution in [3.05, 3.63) is 77.6 Å². The maximum absolute atomic E-state index is 13.2. The van der Waals surface area contributed by atoms with Crippen LogP contribution in [0.4, 0.5) is 5.69 Å². The molecule has 3 aromatic rings. The maximum atomic E-state index is 13.2. The Morgan fingerprint density at radius 1 is 1.14 bits per heavy atom. The summed E-state index contributed by atoms with van der Waals surface area (Å²) >= 11 is 0. The molecular formula is C23H26N4O2. The van der Waals surface area contributed by atoms with Crippen LogP contribution in [0.25, 0.3) is 5.69 Å². The Labute approximate surface area is 171 Å². The Bertz CT molecular complexity index is 992. The highest BCUT2D eigenvalue weighted by molar-refractivity contribution is 5.99. The van der Waals surface area contributed by atoms with E-state index in [9.17, 15) is 4.79 Å². The second-order valence-electron chi connectivity index (χ2n) is 7.41. The lowest BCUT2D eigenvalue weighted by Gasteiger charge is -2.31. The minimum absolute atomic E-state index is 0.00963. The molecule has 150 valence electrons. The minimum Gasteiger partial charge on any atom is -0.378 e. The van der Waals surface area contributed by atoms with Crippen LogP contribution in [0.3, 0.4) is 0 Å².